The maximum absolute atomic E-state index is 17.5. The predicted molar refractivity (Wildman–Crippen MR) is 206 cm³/mol. The van der Waals surface area contributed by atoms with Crippen LogP contribution in [0, 0.1) is 17.8 Å². The van der Waals surface area contributed by atoms with E-state index in [1.807, 2.05) is 13.0 Å². The molecule has 2 aliphatic heterocycles. The van der Waals surface area contributed by atoms with Gasteiger partial charge in [-0.2, -0.15) is 8.78 Å². The molecule has 7 atom stereocenters. The molecular weight excluding hydrogens is 765 g/mol. The van der Waals surface area contributed by atoms with E-state index in [1.165, 1.54) is 20.2 Å². The van der Waals surface area contributed by atoms with Crippen LogP contribution in [-0.4, -0.2) is 106 Å². The Labute approximate surface area is 331 Å². The van der Waals surface area contributed by atoms with Gasteiger partial charge in [0.2, 0.25) is 27.7 Å². The fourth-order valence-corrected chi connectivity index (χ4v) is 9.75. The highest BCUT2D eigenvalue weighted by Crippen LogP contribution is 2.50. The summed E-state index contributed by atoms with van der Waals surface area (Å²) in [4.78, 5) is 62.5. The molecule has 4 amide bonds. The first-order chi connectivity index (χ1) is 26.7. The van der Waals surface area contributed by atoms with Gasteiger partial charge in [0.05, 0.1) is 24.6 Å². The van der Waals surface area contributed by atoms with Gasteiger partial charge < -0.3 is 24.8 Å². The summed E-state index contributed by atoms with van der Waals surface area (Å²) >= 11 is 0. The molecule has 2 saturated carbocycles. The molecule has 3 N–H and O–H groups in total. The van der Waals surface area contributed by atoms with Crippen molar-refractivity contribution < 1.29 is 51.0 Å². The van der Waals surface area contributed by atoms with Crippen LogP contribution >= 0.6 is 0 Å². The summed E-state index contributed by atoms with van der Waals surface area (Å²) in [6, 6.07) is 1.82. The lowest BCUT2D eigenvalue weighted by molar-refractivity contribution is -0.163. The molecule has 0 radical (unpaired) electrons. The first-order valence-corrected chi connectivity index (χ1v) is 21.0. The van der Waals surface area contributed by atoms with E-state index in [1.54, 1.807) is 51.1 Å². The van der Waals surface area contributed by atoms with Crippen LogP contribution < -0.4 is 19.5 Å². The van der Waals surface area contributed by atoms with Crippen LogP contribution in [-0.2, 0) is 24.4 Å². The Hall–Kier alpha value is -4.54. The van der Waals surface area contributed by atoms with Crippen LogP contribution in [0.2, 0.25) is 0 Å². The van der Waals surface area contributed by atoms with E-state index >= 15 is 13.6 Å². The number of nitrogens with zero attached hydrogens (tertiary/aromatic N) is 3. The van der Waals surface area contributed by atoms with E-state index in [4.69, 9.17) is 9.47 Å². The average Bonchev–Trinajstić information content (AvgIpc) is 4.05. The average molecular weight is 818 g/mol. The highest BCUT2D eigenvalue weighted by molar-refractivity contribution is 7.91. The minimum Gasteiger partial charge on any atom is -0.494 e. The number of amides is 4. The summed E-state index contributed by atoms with van der Waals surface area (Å²) in [6.45, 7) is 8.60. The molecule has 0 unspecified atom stereocenters. The molecule has 57 heavy (non-hydrogen) atoms. The summed E-state index contributed by atoms with van der Waals surface area (Å²) in [5, 5.41) is 13.8. The Balaban J connectivity index is 1.49. The monoisotopic (exact) mass is 817 g/mol. The van der Waals surface area contributed by atoms with Crippen molar-refractivity contribution in [1.29, 1.82) is 0 Å². The number of carbonyl (C=O) groups excluding carboxylic acids is 3. The number of halogens is 2. The van der Waals surface area contributed by atoms with E-state index < -0.39 is 92.2 Å². The van der Waals surface area contributed by atoms with Crippen LogP contribution in [0.3, 0.4) is 0 Å². The van der Waals surface area contributed by atoms with Crippen LogP contribution in [0.15, 0.2) is 42.6 Å². The molecular formula is C40H53F2N5O9S. The molecule has 17 heteroatoms. The smallest absolute Gasteiger partial charge is 0.408 e. The van der Waals surface area contributed by atoms with Gasteiger partial charge in [0.15, 0.2) is 11.6 Å². The molecule has 1 aromatic carbocycles. The highest BCUT2D eigenvalue weighted by Gasteiger charge is 2.72. The van der Waals surface area contributed by atoms with Crippen molar-refractivity contribution in [2.75, 3.05) is 13.7 Å². The number of fused-ring (bicyclic) bond motifs is 3. The standard InChI is InChI=1S/C40H53F2N5O9S/c1-8-25-19-24(4)13-9-10-14-26-20-39(26,35(50)45-57(53,54)37(5)17-18-37)44-32(48)31-40(41,42)38(6,22-46(31)34(49)30(25)47(23(2)3)36(51)52)56-33-28-16-12-11-15-27(28)29(55-7)21-43-33/h10-12,14-16,21,23-26,30-31H,8-9,13,17-20,22H2,1-7H3,(H,44,48)(H,45,50)(H,51,52)/b14-10-/t24-,25+,26+,30-,31-,38+,39+/m0/s1. The molecule has 0 spiro atoms. The lowest BCUT2D eigenvalue weighted by Gasteiger charge is -2.40. The van der Waals surface area contributed by atoms with Gasteiger partial charge in [0.25, 0.3) is 5.91 Å². The fraction of sp³-hybridized carbons (Fsp3) is 0.625. The van der Waals surface area contributed by atoms with Crippen LogP contribution in [0.4, 0.5) is 13.6 Å². The molecule has 3 fully saturated rings. The van der Waals surface area contributed by atoms with Gasteiger partial charge >= 0.3 is 12.0 Å². The summed E-state index contributed by atoms with van der Waals surface area (Å²) < 4.78 is 74.0. The maximum Gasteiger partial charge on any atom is 0.408 e. The van der Waals surface area contributed by atoms with E-state index in [0.717, 1.165) is 11.8 Å². The van der Waals surface area contributed by atoms with Gasteiger partial charge in [-0.05, 0) is 84.1 Å². The van der Waals surface area contributed by atoms with Crippen molar-refractivity contribution in [3.63, 3.8) is 0 Å². The summed E-state index contributed by atoms with van der Waals surface area (Å²) in [5.74, 6) is -8.98. The van der Waals surface area contributed by atoms with Crippen LogP contribution in [0.5, 0.6) is 11.6 Å². The highest BCUT2D eigenvalue weighted by atomic mass is 32.2. The zero-order chi connectivity index (χ0) is 41.9. The van der Waals surface area contributed by atoms with Crippen molar-refractivity contribution >= 4 is 44.6 Å². The molecule has 6 rings (SSSR count). The zero-order valence-electron chi connectivity index (χ0n) is 33.4. The van der Waals surface area contributed by atoms with Gasteiger partial charge in [0, 0.05) is 22.7 Å². The number of benzene rings is 1. The van der Waals surface area contributed by atoms with Crippen molar-refractivity contribution in [2.45, 2.75) is 126 Å². The van der Waals surface area contributed by atoms with E-state index in [9.17, 15) is 27.9 Å². The minimum atomic E-state index is -4.19. The number of aromatic nitrogens is 1. The second-order valence-corrected chi connectivity index (χ2v) is 19.1. The molecule has 14 nitrogen and oxygen atoms in total. The number of carboxylic acid groups (broad SMARTS) is 1. The zero-order valence-corrected chi connectivity index (χ0v) is 34.2. The van der Waals surface area contributed by atoms with Gasteiger partial charge in [-0.25, -0.2) is 18.2 Å². The largest absolute Gasteiger partial charge is 0.494 e. The second kappa shape index (κ2) is 15.0. The third-order valence-corrected chi connectivity index (χ3v) is 14.6. The number of hydrogen-bond acceptors (Lipinski definition) is 9. The van der Waals surface area contributed by atoms with Crippen molar-refractivity contribution in [3.8, 4) is 11.6 Å². The predicted octanol–water partition coefficient (Wildman–Crippen LogP) is 5.26. The number of methoxy groups -OCH3 is 1. The number of ether oxygens (including phenoxy) is 2. The lowest BCUT2D eigenvalue weighted by atomic mass is 9.83. The minimum absolute atomic E-state index is 0.0434. The molecule has 3 heterocycles. The third-order valence-electron chi connectivity index (χ3n) is 12.4. The quantitative estimate of drug-likeness (QED) is 0.282. The van der Waals surface area contributed by atoms with Crippen LogP contribution in [0.1, 0.15) is 86.5 Å². The molecule has 0 bridgehead atoms. The number of rotatable bonds is 9. The topological polar surface area (TPSA) is 185 Å². The number of hydrogen-bond donors (Lipinski definition) is 3. The number of allylic oxidation sites excluding steroid dienone is 1. The molecule has 312 valence electrons. The maximum atomic E-state index is 17.5. The summed E-state index contributed by atoms with van der Waals surface area (Å²) in [6.07, 6.45) is 5.78. The SMILES string of the molecule is CC[C@@H]1C[C@@H](C)CC/C=C\[C@@H]2C[C@@]2(C(=O)NS(=O)(=O)C2(C)CC2)NC(=O)[C@@H]2N(C[C@@](C)(Oc3ncc(OC)c4ccccc34)C2(F)F)C(=O)[C@H]1N(C(=O)O)C(C)C. The summed E-state index contributed by atoms with van der Waals surface area (Å²) in [7, 11) is -2.76. The van der Waals surface area contributed by atoms with Crippen molar-refractivity contribution in [1.82, 2.24) is 24.8 Å². The second-order valence-electron chi connectivity index (χ2n) is 16.9. The fourth-order valence-electron chi connectivity index (χ4n) is 8.44. The molecule has 4 aliphatic rings. The van der Waals surface area contributed by atoms with Crippen molar-refractivity contribution in [2.24, 2.45) is 17.8 Å². The molecule has 1 aromatic heterocycles. The number of alkyl halides is 2. The van der Waals surface area contributed by atoms with Crippen molar-refractivity contribution in [3.05, 3.63) is 42.6 Å². The first kappa shape index (κ1) is 42.1. The third kappa shape index (κ3) is 7.40. The number of carbonyl (C=O) groups is 4. The van der Waals surface area contributed by atoms with E-state index in [-0.39, 0.29) is 18.2 Å². The normalized spacial score (nSPS) is 31.5. The summed E-state index contributed by atoms with van der Waals surface area (Å²) in [5.41, 5.74) is -4.56. The molecule has 2 aliphatic carbocycles. The van der Waals surface area contributed by atoms with Crippen LogP contribution in [0.25, 0.3) is 10.8 Å². The molecule has 2 aromatic rings. The van der Waals surface area contributed by atoms with E-state index in [0.29, 0.717) is 59.9 Å². The Bertz CT molecular complexity index is 2080. The number of nitrogens with one attached hydrogen (secondary N) is 2. The van der Waals surface area contributed by atoms with Gasteiger partial charge in [-0.15, -0.1) is 0 Å². The van der Waals surface area contributed by atoms with E-state index in [2.05, 4.69) is 15.0 Å². The Morgan fingerprint density at radius 2 is 1.82 bits per heavy atom. The first-order valence-electron chi connectivity index (χ1n) is 19.5. The Morgan fingerprint density at radius 1 is 1.16 bits per heavy atom. The number of pyridine rings is 1. The van der Waals surface area contributed by atoms with Gasteiger partial charge in [-0.3, -0.25) is 24.0 Å². The van der Waals surface area contributed by atoms with Gasteiger partial charge in [-0.1, -0.05) is 50.6 Å². The Morgan fingerprint density at radius 3 is 2.42 bits per heavy atom. The lowest BCUT2D eigenvalue weighted by Crippen LogP contribution is -2.63. The Kier molecular flexibility index (Phi) is 11.1. The van der Waals surface area contributed by atoms with Gasteiger partial charge in [0.1, 0.15) is 17.3 Å². The number of sulfonamides is 1. The molecule has 1 saturated heterocycles.